The monoisotopic (exact) mass is 420 g/mol. The van der Waals surface area contributed by atoms with Gasteiger partial charge in [0.05, 0.1) is 11.3 Å². The van der Waals surface area contributed by atoms with E-state index in [1.807, 2.05) is 0 Å². The van der Waals surface area contributed by atoms with Crippen LogP contribution in [-0.4, -0.2) is 29.7 Å². The summed E-state index contributed by atoms with van der Waals surface area (Å²) in [4.78, 5) is 36.3. The molecule has 0 unspecified atom stereocenters. The predicted octanol–water partition coefficient (Wildman–Crippen LogP) is 4.50. The topological polar surface area (TPSA) is 93.7 Å². The standard InChI is InChI=1S/C21H22F2N2O5/c1-12(18(26)25-17-11-14(22)8-9-16(17)23)29-19(27)13-6-5-7-15(10-13)24-20(28)30-21(2,3)4/h5-12H,1-4H3,(H,24,28)(H,25,26)/t12-/m0/s1. The Morgan fingerprint density at radius 2 is 1.70 bits per heavy atom. The SMILES string of the molecule is C[C@H](OC(=O)c1cccc(NC(=O)OC(C)(C)C)c1)C(=O)Nc1cc(F)ccc1F. The lowest BCUT2D eigenvalue weighted by Crippen LogP contribution is -2.30. The van der Waals surface area contributed by atoms with Crippen LogP contribution in [-0.2, 0) is 14.3 Å². The van der Waals surface area contributed by atoms with E-state index in [0.717, 1.165) is 18.2 Å². The summed E-state index contributed by atoms with van der Waals surface area (Å²) in [6.45, 7) is 6.42. The molecule has 7 nitrogen and oxygen atoms in total. The van der Waals surface area contributed by atoms with Crippen molar-refractivity contribution in [3.05, 3.63) is 59.7 Å². The zero-order chi connectivity index (χ0) is 22.5. The van der Waals surface area contributed by atoms with E-state index in [9.17, 15) is 23.2 Å². The third-order valence-corrected chi connectivity index (χ3v) is 3.58. The van der Waals surface area contributed by atoms with Crippen molar-refractivity contribution < 1.29 is 32.6 Å². The quantitative estimate of drug-likeness (QED) is 0.695. The molecule has 2 N–H and O–H groups in total. The summed E-state index contributed by atoms with van der Waals surface area (Å²) in [6.07, 6.45) is -1.99. The van der Waals surface area contributed by atoms with E-state index in [4.69, 9.17) is 9.47 Å². The van der Waals surface area contributed by atoms with Crippen molar-refractivity contribution in [3.8, 4) is 0 Å². The van der Waals surface area contributed by atoms with Crippen molar-refractivity contribution >= 4 is 29.3 Å². The third-order valence-electron chi connectivity index (χ3n) is 3.58. The van der Waals surface area contributed by atoms with Crippen LogP contribution >= 0.6 is 0 Å². The first-order valence-electron chi connectivity index (χ1n) is 9.01. The van der Waals surface area contributed by atoms with Gasteiger partial charge in [-0.05, 0) is 58.0 Å². The molecule has 9 heteroatoms. The van der Waals surface area contributed by atoms with Gasteiger partial charge in [-0.25, -0.2) is 18.4 Å². The molecule has 0 bridgehead atoms. The van der Waals surface area contributed by atoms with Crippen molar-refractivity contribution in [2.24, 2.45) is 0 Å². The van der Waals surface area contributed by atoms with Crippen LogP contribution in [0.1, 0.15) is 38.1 Å². The Bertz CT molecular complexity index is 957. The fraction of sp³-hybridized carbons (Fsp3) is 0.286. The number of rotatable bonds is 5. The highest BCUT2D eigenvalue weighted by Crippen LogP contribution is 2.17. The fourth-order valence-corrected chi connectivity index (χ4v) is 2.26. The molecule has 2 aromatic carbocycles. The summed E-state index contributed by atoms with van der Waals surface area (Å²) in [7, 11) is 0. The van der Waals surface area contributed by atoms with Crippen LogP contribution in [0.15, 0.2) is 42.5 Å². The molecule has 0 aliphatic carbocycles. The molecule has 160 valence electrons. The number of carbonyl (C=O) groups is 3. The first-order valence-corrected chi connectivity index (χ1v) is 9.01. The Balaban J connectivity index is 2.00. The van der Waals surface area contributed by atoms with Crippen LogP contribution in [0.5, 0.6) is 0 Å². The summed E-state index contributed by atoms with van der Waals surface area (Å²) in [6, 6.07) is 8.42. The Kier molecular flexibility index (Phi) is 7.10. The molecular formula is C21H22F2N2O5. The minimum Gasteiger partial charge on any atom is -0.449 e. The van der Waals surface area contributed by atoms with Gasteiger partial charge in [0, 0.05) is 11.8 Å². The number of nitrogens with one attached hydrogen (secondary N) is 2. The molecule has 30 heavy (non-hydrogen) atoms. The Hall–Kier alpha value is -3.49. The first-order chi connectivity index (χ1) is 13.9. The van der Waals surface area contributed by atoms with Gasteiger partial charge in [-0.3, -0.25) is 10.1 Å². The van der Waals surface area contributed by atoms with Gasteiger partial charge >= 0.3 is 12.1 Å². The Labute approximate surface area is 172 Å². The molecule has 0 fully saturated rings. The molecule has 2 rings (SSSR count). The van der Waals surface area contributed by atoms with Gasteiger partial charge in [0.2, 0.25) is 0 Å². The molecular weight excluding hydrogens is 398 g/mol. The summed E-state index contributed by atoms with van der Waals surface area (Å²) in [5.41, 5.74) is -0.700. The number of benzene rings is 2. The van der Waals surface area contributed by atoms with Crippen molar-refractivity contribution in [2.75, 3.05) is 10.6 Å². The maximum Gasteiger partial charge on any atom is 0.412 e. The van der Waals surface area contributed by atoms with Gasteiger partial charge in [0.15, 0.2) is 6.10 Å². The van der Waals surface area contributed by atoms with E-state index in [1.54, 1.807) is 26.8 Å². The minimum atomic E-state index is -1.29. The summed E-state index contributed by atoms with van der Waals surface area (Å²) >= 11 is 0. The van der Waals surface area contributed by atoms with Crippen molar-refractivity contribution in [1.82, 2.24) is 0 Å². The molecule has 0 saturated heterocycles. The average molecular weight is 420 g/mol. The summed E-state index contributed by atoms with van der Waals surface area (Å²) < 4.78 is 37.1. The summed E-state index contributed by atoms with van der Waals surface area (Å²) in [5, 5.41) is 4.65. The zero-order valence-electron chi connectivity index (χ0n) is 16.9. The second-order valence-electron chi connectivity index (χ2n) is 7.37. The van der Waals surface area contributed by atoms with Crippen LogP contribution in [0.25, 0.3) is 0 Å². The Morgan fingerprint density at radius 3 is 2.37 bits per heavy atom. The number of ether oxygens (including phenoxy) is 2. The van der Waals surface area contributed by atoms with Crippen LogP contribution in [0, 0.1) is 11.6 Å². The molecule has 0 radical (unpaired) electrons. The number of anilines is 2. The molecule has 0 spiro atoms. The number of esters is 1. The van der Waals surface area contributed by atoms with E-state index in [-0.39, 0.29) is 16.9 Å². The van der Waals surface area contributed by atoms with E-state index in [2.05, 4.69) is 10.6 Å². The Morgan fingerprint density at radius 1 is 1.00 bits per heavy atom. The second kappa shape index (κ2) is 9.34. The fourth-order valence-electron chi connectivity index (χ4n) is 2.26. The minimum absolute atomic E-state index is 0.0696. The zero-order valence-corrected chi connectivity index (χ0v) is 16.9. The number of hydrogen-bond donors (Lipinski definition) is 2. The van der Waals surface area contributed by atoms with Gasteiger partial charge in [-0.1, -0.05) is 6.07 Å². The van der Waals surface area contributed by atoms with Crippen LogP contribution in [0.4, 0.5) is 25.0 Å². The molecule has 2 aromatic rings. The van der Waals surface area contributed by atoms with Crippen LogP contribution in [0.2, 0.25) is 0 Å². The van der Waals surface area contributed by atoms with E-state index in [1.165, 1.54) is 25.1 Å². The maximum atomic E-state index is 13.6. The lowest BCUT2D eigenvalue weighted by Gasteiger charge is -2.19. The molecule has 2 amide bonds. The normalized spacial score (nSPS) is 11.9. The van der Waals surface area contributed by atoms with Gasteiger partial charge < -0.3 is 14.8 Å². The van der Waals surface area contributed by atoms with Crippen LogP contribution < -0.4 is 10.6 Å². The average Bonchev–Trinajstić information content (AvgIpc) is 2.63. The maximum absolute atomic E-state index is 13.6. The molecule has 0 aliphatic heterocycles. The first kappa shape index (κ1) is 22.8. The third kappa shape index (κ3) is 6.84. The highest BCUT2D eigenvalue weighted by atomic mass is 19.1. The van der Waals surface area contributed by atoms with Crippen molar-refractivity contribution in [2.45, 2.75) is 39.4 Å². The highest BCUT2D eigenvalue weighted by Gasteiger charge is 2.21. The van der Waals surface area contributed by atoms with Crippen molar-refractivity contribution in [3.63, 3.8) is 0 Å². The second-order valence-corrected chi connectivity index (χ2v) is 7.37. The van der Waals surface area contributed by atoms with E-state index < -0.39 is 41.3 Å². The van der Waals surface area contributed by atoms with Gasteiger partial charge in [-0.2, -0.15) is 0 Å². The van der Waals surface area contributed by atoms with Crippen LogP contribution in [0.3, 0.4) is 0 Å². The number of halogens is 2. The smallest absolute Gasteiger partial charge is 0.412 e. The van der Waals surface area contributed by atoms with E-state index in [0.29, 0.717) is 0 Å². The molecule has 0 aromatic heterocycles. The molecule has 1 atom stereocenters. The predicted molar refractivity (Wildman–Crippen MR) is 106 cm³/mol. The van der Waals surface area contributed by atoms with Crippen molar-refractivity contribution in [1.29, 1.82) is 0 Å². The lowest BCUT2D eigenvalue weighted by atomic mass is 10.2. The number of hydrogen-bond acceptors (Lipinski definition) is 5. The van der Waals surface area contributed by atoms with E-state index >= 15 is 0 Å². The van der Waals surface area contributed by atoms with Gasteiger partial charge in [-0.15, -0.1) is 0 Å². The summed E-state index contributed by atoms with van der Waals surface area (Å²) in [5.74, 6) is -3.24. The number of carbonyl (C=O) groups excluding carboxylic acids is 3. The molecule has 0 saturated carbocycles. The molecule has 0 heterocycles. The van der Waals surface area contributed by atoms with Gasteiger partial charge in [0.1, 0.15) is 17.2 Å². The van der Waals surface area contributed by atoms with Gasteiger partial charge in [0.25, 0.3) is 5.91 Å². The lowest BCUT2D eigenvalue weighted by molar-refractivity contribution is -0.123. The molecule has 0 aliphatic rings. The largest absolute Gasteiger partial charge is 0.449 e. The number of amides is 2. The highest BCUT2D eigenvalue weighted by molar-refractivity contribution is 5.98.